The van der Waals surface area contributed by atoms with Crippen LogP contribution in [0.5, 0.6) is 0 Å². The first-order valence-corrected chi connectivity index (χ1v) is 1.19. The minimum absolute atomic E-state index is 0. The van der Waals surface area contributed by atoms with Gasteiger partial charge in [0.05, 0.1) is 0 Å². The molecule has 0 amide bonds. The Balaban J connectivity index is 0. The molecule has 0 aromatic carbocycles. The van der Waals surface area contributed by atoms with Gasteiger partial charge < -0.3 is 11.5 Å². The summed E-state index contributed by atoms with van der Waals surface area (Å²) in [4.78, 5) is 0. The van der Waals surface area contributed by atoms with Crippen molar-refractivity contribution in [1.82, 2.24) is 0 Å². The van der Waals surface area contributed by atoms with E-state index in [-0.39, 0.29) is 21.9 Å². The number of hydrogen-bond acceptors (Lipinski definition) is 1. The summed E-state index contributed by atoms with van der Waals surface area (Å²) in [5, 5.41) is 0.000000000000000222. The Labute approximate surface area is 46.1 Å². The Morgan fingerprint density at radius 3 is 1.40 bits per heavy atom. The van der Waals surface area contributed by atoms with Crippen LogP contribution in [0.4, 0.5) is 0 Å². The van der Waals surface area contributed by atoms with Crippen LogP contribution in [-0.2, 0) is 16.8 Å². The topological polar surface area (TPSA) is 52.0 Å². The van der Waals surface area contributed by atoms with E-state index < -0.39 is 0 Å². The quantitative estimate of drug-likeness (QED) is 0.427. The fourth-order valence-corrected chi connectivity index (χ4v) is 0. The molecule has 0 spiro atoms. The van der Waals surface area contributed by atoms with Gasteiger partial charge in [0.2, 0.25) is 0 Å². The number of nitrogens with two attached hydrogens (primary N) is 2. The fraction of sp³-hybridized carbons (Fsp3) is 0. The van der Waals surface area contributed by atoms with Crippen LogP contribution in [0.1, 0.15) is 0 Å². The zero-order chi connectivity index (χ0) is 3.58. The molecule has 4 heteroatoms. The molecule has 0 aliphatic carbocycles. The summed E-state index contributed by atoms with van der Waals surface area (Å²) < 4.78 is 0. The van der Waals surface area contributed by atoms with Gasteiger partial charge in [-0.25, -0.2) is 0 Å². The third-order valence-electron chi connectivity index (χ3n) is 0. The molecule has 0 bridgehead atoms. The van der Waals surface area contributed by atoms with E-state index in [4.69, 9.17) is 0 Å². The summed E-state index contributed by atoms with van der Waals surface area (Å²) in [5.41, 5.74) is 9.24. The van der Waals surface area contributed by atoms with Crippen LogP contribution < -0.4 is 11.5 Å². The Kier molecular flexibility index (Phi) is 7.52. The summed E-state index contributed by atoms with van der Waals surface area (Å²) in [6.07, 6.45) is 0. The van der Waals surface area contributed by atoms with E-state index >= 15 is 0 Å². The van der Waals surface area contributed by atoms with Crippen molar-refractivity contribution in [3.8, 4) is 0 Å². The van der Waals surface area contributed by atoms with Crippen LogP contribution in [0.25, 0.3) is 0 Å². The molecule has 0 aromatic heterocycles. The molecule has 5 heavy (non-hydrogen) atoms. The first-order chi connectivity index (χ1) is 1.73. The van der Waals surface area contributed by atoms with Crippen LogP contribution in [0, 0.1) is 0 Å². The number of thiocarbonyl (C=S) groups is 1. The van der Waals surface area contributed by atoms with Crippen molar-refractivity contribution in [3.63, 3.8) is 0 Å². The molecule has 0 rings (SSSR count). The van der Waals surface area contributed by atoms with E-state index in [0.717, 1.165) is 0 Å². The molecule has 0 atom stereocenters. The smallest absolute Gasteiger partial charge is 0.377 e. The Hall–Kier alpha value is 0.196. The van der Waals surface area contributed by atoms with Gasteiger partial charge in [-0.15, -0.1) is 0 Å². The van der Waals surface area contributed by atoms with E-state index in [9.17, 15) is 0 Å². The maximum absolute atomic E-state index is 4.62. The molecule has 4 N–H and O–H groups in total. The summed E-state index contributed by atoms with van der Waals surface area (Å²) in [5.74, 6) is 0. The van der Waals surface area contributed by atoms with Crippen molar-refractivity contribution in [2.24, 2.45) is 11.5 Å². The van der Waals surface area contributed by atoms with Crippen LogP contribution in [0.3, 0.4) is 0 Å². The molecule has 2 nitrogen and oxygen atoms in total. The molecule has 0 saturated carbocycles. The first kappa shape index (κ1) is 8.96. The molecule has 0 heterocycles. The van der Waals surface area contributed by atoms with Crippen molar-refractivity contribution >= 4 is 17.3 Å². The largest absolute Gasteiger partial charge is 2.00 e. The third-order valence-corrected chi connectivity index (χ3v) is 0. The average molecular weight is 135 g/mol. The van der Waals surface area contributed by atoms with Crippen molar-refractivity contribution < 1.29 is 16.8 Å². The minimum Gasteiger partial charge on any atom is -0.377 e. The van der Waals surface area contributed by atoms with E-state index in [1.807, 2.05) is 0 Å². The average Bonchev–Trinajstić information content (AvgIpc) is 0.811. The molecule has 0 aliphatic heterocycles. The van der Waals surface area contributed by atoms with Crippen molar-refractivity contribution in [2.75, 3.05) is 0 Å². The summed E-state index contributed by atoms with van der Waals surface area (Å²) in [6, 6.07) is 0. The van der Waals surface area contributed by atoms with Gasteiger partial charge in [-0.3, -0.25) is 0 Å². The van der Waals surface area contributed by atoms with Gasteiger partial charge in [0.25, 0.3) is 0 Å². The van der Waals surface area contributed by atoms with Gasteiger partial charge in [-0.2, -0.15) is 0 Å². The summed E-state index contributed by atoms with van der Waals surface area (Å²) >= 11 is 4.09. The fourth-order valence-electron chi connectivity index (χ4n) is 0. The van der Waals surface area contributed by atoms with E-state index in [0.29, 0.717) is 0 Å². The maximum atomic E-state index is 4.62. The van der Waals surface area contributed by atoms with Gasteiger partial charge in [-0.1, -0.05) is 0 Å². The molecule has 0 aromatic rings. The predicted octanol–water partition coefficient (Wildman–Crippen LogP) is -0.814. The van der Waals surface area contributed by atoms with Gasteiger partial charge >= 0.3 is 16.8 Å². The van der Waals surface area contributed by atoms with Crippen LogP contribution in [0.2, 0.25) is 0 Å². The van der Waals surface area contributed by atoms with Crippen molar-refractivity contribution in [3.05, 3.63) is 0 Å². The van der Waals surface area contributed by atoms with Crippen LogP contribution in [-0.4, -0.2) is 5.11 Å². The molecule has 0 unspecified atom stereocenters. The first-order valence-electron chi connectivity index (χ1n) is 0.781. The van der Waals surface area contributed by atoms with Crippen LogP contribution in [0.15, 0.2) is 0 Å². The van der Waals surface area contributed by atoms with E-state index in [1.165, 1.54) is 0 Å². The second-order valence-electron chi connectivity index (χ2n) is 0.402. The number of rotatable bonds is 0. The standard InChI is InChI=1S/CH4N2S.Co/c2-1(3)4;/h(H4,2,3,4);/q;+2. The van der Waals surface area contributed by atoms with Gasteiger partial charge in [0, 0.05) is 0 Å². The van der Waals surface area contributed by atoms with Gasteiger partial charge in [0.15, 0.2) is 5.11 Å². The zero-order valence-corrected chi connectivity index (χ0v) is 4.25. The second-order valence-corrected chi connectivity index (χ2v) is 0.874. The zero-order valence-electron chi connectivity index (χ0n) is 2.40. The maximum Gasteiger partial charge on any atom is 2.00 e. The second kappa shape index (κ2) is 4.20. The van der Waals surface area contributed by atoms with Crippen molar-refractivity contribution in [1.29, 1.82) is 0 Å². The Morgan fingerprint density at radius 2 is 1.40 bits per heavy atom. The predicted molar refractivity (Wildman–Crippen MR) is 21.0 cm³/mol. The Morgan fingerprint density at radius 1 is 1.40 bits per heavy atom. The molecule has 31 valence electrons. The summed E-state index contributed by atoms with van der Waals surface area (Å²) in [6.45, 7) is 0. The van der Waals surface area contributed by atoms with Gasteiger partial charge in [-0.05, 0) is 12.2 Å². The minimum atomic E-state index is 0. The monoisotopic (exact) mass is 135 g/mol. The normalized spacial score (nSPS) is 4.80. The van der Waals surface area contributed by atoms with Gasteiger partial charge in [0.1, 0.15) is 0 Å². The van der Waals surface area contributed by atoms with Crippen LogP contribution >= 0.6 is 12.2 Å². The molecule has 1 radical (unpaired) electrons. The summed E-state index contributed by atoms with van der Waals surface area (Å²) in [7, 11) is 0. The third kappa shape index (κ3) is 524. The molecule has 0 fully saturated rings. The molecular formula is CH4CoN2S+2. The number of hydrogen-bond donors (Lipinski definition) is 2. The Bertz CT molecular complexity index is 32.6. The SMILES string of the molecule is NC(N)=S.[Co+2]. The van der Waals surface area contributed by atoms with E-state index in [2.05, 4.69) is 23.7 Å². The molecule has 0 saturated heterocycles. The molecular weight excluding hydrogens is 131 g/mol. The van der Waals surface area contributed by atoms with Crippen molar-refractivity contribution in [2.45, 2.75) is 0 Å². The van der Waals surface area contributed by atoms with E-state index in [1.54, 1.807) is 0 Å². The molecule has 0 aliphatic rings.